The molecule has 0 saturated heterocycles. The van der Waals surface area contributed by atoms with E-state index < -0.39 is 7.32 Å². The first-order chi connectivity index (χ1) is 18.1. The summed E-state index contributed by atoms with van der Waals surface area (Å²) in [4.78, 5) is 0. The predicted molar refractivity (Wildman–Crippen MR) is 176 cm³/mol. The van der Waals surface area contributed by atoms with Gasteiger partial charge in [0.2, 0.25) is 0 Å². The van der Waals surface area contributed by atoms with Crippen LogP contribution in [0.3, 0.4) is 0 Å². The summed E-state index contributed by atoms with van der Waals surface area (Å²) in [6, 6.07) is 0. The molecule has 0 fully saturated rings. The molecule has 0 aromatic heterocycles. The molecule has 222 valence electrons. The molecule has 0 aliphatic carbocycles. The Bertz CT molecular complexity index is 386. The summed E-state index contributed by atoms with van der Waals surface area (Å²) in [6.45, 7) is 15.9. The standard InChI is InChI=1S/C30H63BO3S3/c1-7-13-16-28(10-4)25-35-22-19-32-31(33-20-23-36-26-29(11-5)17-14-8-2)34-21-24-37-27-30(12-6)18-15-9-3/h28-30H,7-27H2,1-6H3. The fourth-order valence-electron chi connectivity index (χ4n) is 4.20. The van der Waals surface area contributed by atoms with Crippen LogP contribution < -0.4 is 0 Å². The number of hydrogen-bond donors (Lipinski definition) is 0. The zero-order chi connectivity index (χ0) is 27.4. The van der Waals surface area contributed by atoms with Crippen molar-refractivity contribution in [2.75, 3.05) is 54.3 Å². The van der Waals surface area contributed by atoms with Gasteiger partial charge in [0.05, 0.1) is 0 Å². The van der Waals surface area contributed by atoms with Gasteiger partial charge in [0, 0.05) is 37.1 Å². The Labute approximate surface area is 246 Å². The summed E-state index contributed by atoms with van der Waals surface area (Å²) in [7, 11) is -0.520. The highest BCUT2D eigenvalue weighted by atomic mass is 32.2. The highest BCUT2D eigenvalue weighted by Gasteiger charge is 2.21. The molecule has 0 amide bonds. The van der Waals surface area contributed by atoms with Crippen LogP contribution in [0.15, 0.2) is 0 Å². The molecule has 3 nitrogen and oxygen atoms in total. The zero-order valence-corrected chi connectivity index (χ0v) is 28.1. The van der Waals surface area contributed by atoms with Crippen molar-refractivity contribution in [3.63, 3.8) is 0 Å². The van der Waals surface area contributed by atoms with E-state index in [0.29, 0.717) is 19.8 Å². The highest BCUT2D eigenvalue weighted by Crippen LogP contribution is 2.20. The van der Waals surface area contributed by atoms with Crippen LogP contribution in [-0.4, -0.2) is 61.7 Å². The van der Waals surface area contributed by atoms with Crippen LogP contribution in [0.2, 0.25) is 0 Å². The molecule has 0 bridgehead atoms. The fraction of sp³-hybridized carbons (Fsp3) is 1.00. The molecule has 3 atom stereocenters. The number of rotatable bonds is 30. The van der Waals surface area contributed by atoms with E-state index >= 15 is 0 Å². The van der Waals surface area contributed by atoms with Crippen molar-refractivity contribution in [3.8, 4) is 0 Å². The Morgan fingerprint density at radius 1 is 0.486 bits per heavy atom. The maximum Gasteiger partial charge on any atom is 0.639 e. The Hall–Kier alpha value is 0.995. The predicted octanol–water partition coefficient (Wildman–Crippen LogP) is 9.87. The van der Waals surface area contributed by atoms with Crippen LogP contribution in [0.4, 0.5) is 0 Å². The minimum Gasteiger partial charge on any atom is -0.385 e. The van der Waals surface area contributed by atoms with Gasteiger partial charge in [-0.05, 0) is 54.3 Å². The molecule has 0 aromatic rings. The van der Waals surface area contributed by atoms with Crippen molar-refractivity contribution in [1.29, 1.82) is 0 Å². The molecule has 0 radical (unpaired) electrons. The highest BCUT2D eigenvalue weighted by molar-refractivity contribution is 7.99. The van der Waals surface area contributed by atoms with Gasteiger partial charge < -0.3 is 14.0 Å². The summed E-state index contributed by atoms with van der Waals surface area (Å²) in [6.07, 6.45) is 15.9. The summed E-state index contributed by atoms with van der Waals surface area (Å²) in [5.74, 6) is 9.30. The van der Waals surface area contributed by atoms with Gasteiger partial charge >= 0.3 is 7.32 Å². The second-order valence-corrected chi connectivity index (χ2v) is 13.8. The average Bonchev–Trinajstić information content (AvgIpc) is 2.92. The van der Waals surface area contributed by atoms with Crippen molar-refractivity contribution in [2.45, 2.75) is 119 Å². The molecule has 0 saturated carbocycles. The fourth-order valence-corrected chi connectivity index (χ4v) is 7.55. The largest absolute Gasteiger partial charge is 0.639 e. The van der Waals surface area contributed by atoms with E-state index in [1.165, 1.54) is 94.3 Å². The molecule has 0 aromatic carbocycles. The van der Waals surface area contributed by atoms with E-state index in [-0.39, 0.29) is 0 Å². The average molecular weight is 579 g/mol. The van der Waals surface area contributed by atoms with Crippen LogP contribution >= 0.6 is 35.3 Å². The third-order valence-electron chi connectivity index (χ3n) is 7.14. The number of hydrogen-bond acceptors (Lipinski definition) is 6. The first kappa shape index (κ1) is 38.0. The van der Waals surface area contributed by atoms with Crippen molar-refractivity contribution in [3.05, 3.63) is 0 Å². The molecule has 0 rings (SSSR count). The van der Waals surface area contributed by atoms with Crippen LogP contribution in [0, 0.1) is 17.8 Å². The van der Waals surface area contributed by atoms with Crippen LogP contribution in [0.25, 0.3) is 0 Å². The molecule has 0 aliphatic rings. The molecular weight excluding hydrogens is 515 g/mol. The third kappa shape index (κ3) is 24.5. The molecule has 37 heavy (non-hydrogen) atoms. The van der Waals surface area contributed by atoms with Crippen molar-refractivity contribution in [2.24, 2.45) is 17.8 Å². The van der Waals surface area contributed by atoms with Gasteiger partial charge in [0.1, 0.15) is 0 Å². The van der Waals surface area contributed by atoms with Crippen LogP contribution in [0.1, 0.15) is 119 Å². The normalized spacial score (nSPS) is 14.1. The Balaban J connectivity index is 4.31. The molecule has 3 unspecified atom stereocenters. The van der Waals surface area contributed by atoms with Gasteiger partial charge in [-0.25, -0.2) is 0 Å². The second kappa shape index (κ2) is 30.0. The molecule has 0 spiro atoms. The van der Waals surface area contributed by atoms with Gasteiger partial charge in [0.15, 0.2) is 0 Å². The molecule has 0 heterocycles. The lowest BCUT2D eigenvalue weighted by atomic mass is 10.0. The lowest BCUT2D eigenvalue weighted by Crippen LogP contribution is -2.30. The SMILES string of the molecule is CCCCC(CC)CSCCOB(OCCSCC(CC)CCCC)OCCSCC(CC)CCCC. The maximum absolute atomic E-state index is 6.06. The second-order valence-electron chi connectivity index (χ2n) is 10.4. The van der Waals surface area contributed by atoms with Gasteiger partial charge in [-0.1, -0.05) is 99.3 Å². The Morgan fingerprint density at radius 3 is 1.03 bits per heavy atom. The first-order valence-corrected chi connectivity index (χ1v) is 19.2. The van der Waals surface area contributed by atoms with Gasteiger partial charge in [-0.2, -0.15) is 35.3 Å². The van der Waals surface area contributed by atoms with Crippen LogP contribution in [0.5, 0.6) is 0 Å². The summed E-state index contributed by atoms with van der Waals surface area (Å²) >= 11 is 6.07. The van der Waals surface area contributed by atoms with Crippen molar-refractivity contribution < 1.29 is 14.0 Å². The number of thioether (sulfide) groups is 3. The summed E-state index contributed by atoms with van der Waals surface area (Å²) in [5.41, 5.74) is 0. The van der Waals surface area contributed by atoms with Crippen molar-refractivity contribution >= 4 is 42.6 Å². The minimum atomic E-state index is -0.520. The summed E-state index contributed by atoms with van der Waals surface area (Å²) < 4.78 is 18.2. The minimum absolute atomic E-state index is 0.520. The lowest BCUT2D eigenvalue weighted by molar-refractivity contribution is 0.109. The zero-order valence-electron chi connectivity index (χ0n) is 25.6. The van der Waals surface area contributed by atoms with Gasteiger partial charge in [-0.15, -0.1) is 0 Å². The topological polar surface area (TPSA) is 27.7 Å². The smallest absolute Gasteiger partial charge is 0.385 e. The van der Waals surface area contributed by atoms with E-state index in [9.17, 15) is 0 Å². The lowest BCUT2D eigenvalue weighted by Gasteiger charge is -2.17. The van der Waals surface area contributed by atoms with Crippen molar-refractivity contribution in [1.82, 2.24) is 0 Å². The Kier molecular flexibility index (Phi) is 30.8. The van der Waals surface area contributed by atoms with Gasteiger partial charge in [0.25, 0.3) is 0 Å². The maximum atomic E-state index is 6.06. The van der Waals surface area contributed by atoms with E-state index in [1.54, 1.807) is 0 Å². The molecule has 0 aliphatic heterocycles. The summed E-state index contributed by atoms with van der Waals surface area (Å²) in [5, 5.41) is 0. The van der Waals surface area contributed by atoms with Gasteiger partial charge in [-0.3, -0.25) is 0 Å². The Morgan fingerprint density at radius 2 is 0.784 bits per heavy atom. The number of unbranched alkanes of at least 4 members (excludes halogenated alkanes) is 3. The van der Waals surface area contributed by atoms with Crippen LogP contribution in [-0.2, 0) is 14.0 Å². The molecule has 7 heteroatoms. The van der Waals surface area contributed by atoms with E-state index in [4.69, 9.17) is 14.0 Å². The third-order valence-corrected chi connectivity index (χ3v) is 10.6. The first-order valence-electron chi connectivity index (χ1n) is 15.7. The van der Waals surface area contributed by atoms with E-state index in [1.807, 2.05) is 35.3 Å². The molecular formula is C30H63BO3S3. The molecule has 0 N–H and O–H groups in total. The van der Waals surface area contributed by atoms with E-state index in [0.717, 1.165) is 35.0 Å². The van der Waals surface area contributed by atoms with E-state index in [2.05, 4.69) is 41.5 Å². The quantitative estimate of drug-likeness (QED) is 0.0622. The monoisotopic (exact) mass is 578 g/mol.